The fourth-order valence-electron chi connectivity index (χ4n) is 2.54. The molecule has 0 aliphatic heterocycles. The molecule has 0 spiro atoms. The smallest absolute Gasteiger partial charge is 0.344 e. The Kier molecular flexibility index (Phi) is 5.60. The Bertz CT molecular complexity index is 495. The quantitative estimate of drug-likeness (QED) is 0.816. The minimum Gasteiger partial charge on any atom is -0.481 e. The molecule has 0 atom stereocenters. The molecule has 0 bridgehead atoms. The monoisotopic (exact) mass is 291 g/mol. The number of carbonyl (C=O) groups is 2. The van der Waals surface area contributed by atoms with Crippen molar-refractivity contribution < 1.29 is 19.1 Å². The summed E-state index contributed by atoms with van der Waals surface area (Å²) in [7, 11) is 0. The molecule has 2 N–H and O–H groups in total. The van der Waals surface area contributed by atoms with Crippen molar-refractivity contribution in [2.45, 2.75) is 32.1 Å². The van der Waals surface area contributed by atoms with Crippen molar-refractivity contribution in [2.75, 3.05) is 13.2 Å². The van der Waals surface area contributed by atoms with Crippen LogP contribution in [-0.4, -0.2) is 25.1 Å². The van der Waals surface area contributed by atoms with Gasteiger partial charge in [0.1, 0.15) is 5.75 Å². The molecule has 2 rings (SSSR count). The van der Waals surface area contributed by atoms with E-state index in [0.717, 1.165) is 12.8 Å². The number of rotatable bonds is 6. The highest BCUT2D eigenvalue weighted by Crippen LogP contribution is 2.23. The number of esters is 1. The summed E-state index contributed by atoms with van der Waals surface area (Å²) >= 11 is 0. The van der Waals surface area contributed by atoms with Gasteiger partial charge in [0.05, 0.1) is 12.2 Å². The number of benzene rings is 1. The first-order valence-electron chi connectivity index (χ1n) is 7.34. The van der Waals surface area contributed by atoms with E-state index >= 15 is 0 Å². The third-order valence-electron chi connectivity index (χ3n) is 3.70. The van der Waals surface area contributed by atoms with Crippen LogP contribution in [0.3, 0.4) is 0 Å². The zero-order valence-electron chi connectivity index (χ0n) is 12.0. The molecule has 1 fully saturated rings. The molecule has 1 aliphatic carbocycles. The van der Waals surface area contributed by atoms with E-state index in [9.17, 15) is 9.59 Å². The van der Waals surface area contributed by atoms with Gasteiger partial charge in [0.25, 0.3) is 5.91 Å². The lowest BCUT2D eigenvalue weighted by Crippen LogP contribution is -2.21. The fourth-order valence-corrected chi connectivity index (χ4v) is 2.54. The van der Waals surface area contributed by atoms with Crippen LogP contribution in [0.1, 0.15) is 42.5 Å². The van der Waals surface area contributed by atoms with Crippen molar-refractivity contribution in [3.05, 3.63) is 29.8 Å². The van der Waals surface area contributed by atoms with E-state index < -0.39 is 11.9 Å². The summed E-state index contributed by atoms with van der Waals surface area (Å²) in [6.45, 7) is 0.247. The third-order valence-corrected chi connectivity index (χ3v) is 3.70. The maximum absolute atomic E-state index is 11.7. The van der Waals surface area contributed by atoms with Crippen LogP contribution in [-0.2, 0) is 9.53 Å². The number of carbonyl (C=O) groups excluding carboxylic acids is 2. The van der Waals surface area contributed by atoms with E-state index in [4.69, 9.17) is 15.2 Å². The molecule has 114 valence electrons. The van der Waals surface area contributed by atoms with Crippen LogP contribution in [0.25, 0.3) is 0 Å². The number of hydrogen-bond donors (Lipinski definition) is 1. The summed E-state index contributed by atoms with van der Waals surface area (Å²) in [4.78, 5) is 22.9. The second kappa shape index (κ2) is 7.67. The number of amides is 1. The van der Waals surface area contributed by atoms with Crippen molar-refractivity contribution >= 4 is 11.9 Å². The fraction of sp³-hybridized carbons (Fsp3) is 0.500. The van der Waals surface area contributed by atoms with Crippen LogP contribution in [0.2, 0.25) is 0 Å². The molecule has 0 aromatic heterocycles. The highest BCUT2D eigenvalue weighted by atomic mass is 16.6. The van der Waals surface area contributed by atoms with E-state index in [2.05, 4.69) is 0 Å². The van der Waals surface area contributed by atoms with Gasteiger partial charge < -0.3 is 15.2 Å². The molecule has 0 unspecified atom stereocenters. The zero-order chi connectivity index (χ0) is 15.1. The van der Waals surface area contributed by atoms with Crippen molar-refractivity contribution in [2.24, 2.45) is 11.7 Å². The molecular formula is C16H21NO4. The molecule has 1 saturated carbocycles. The second-order valence-electron chi connectivity index (χ2n) is 5.34. The molecule has 1 amide bonds. The van der Waals surface area contributed by atoms with E-state index in [-0.39, 0.29) is 12.2 Å². The lowest BCUT2D eigenvalue weighted by atomic mass is 9.90. The van der Waals surface area contributed by atoms with Gasteiger partial charge in [-0.15, -0.1) is 0 Å². The van der Waals surface area contributed by atoms with E-state index in [1.165, 1.54) is 19.3 Å². The summed E-state index contributed by atoms with van der Waals surface area (Å²) < 4.78 is 10.5. The molecule has 0 saturated heterocycles. The van der Waals surface area contributed by atoms with Crippen LogP contribution >= 0.6 is 0 Å². The Labute approximate surface area is 124 Å². The van der Waals surface area contributed by atoms with E-state index in [1.54, 1.807) is 24.3 Å². The Hall–Kier alpha value is -2.04. The van der Waals surface area contributed by atoms with E-state index in [1.807, 2.05) is 0 Å². The van der Waals surface area contributed by atoms with Crippen molar-refractivity contribution in [3.63, 3.8) is 0 Å². The number of ether oxygens (including phenoxy) is 2. The summed E-state index contributed by atoms with van der Waals surface area (Å²) in [5, 5.41) is 0. The van der Waals surface area contributed by atoms with E-state index in [0.29, 0.717) is 18.3 Å². The van der Waals surface area contributed by atoms with Crippen molar-refractivity contribution in [1.29, 1.82) is 0 Å². The highest BCUT2D eigenvalue weighted by Gasteiger charge is 2.16. The minimum atomic E-state index is -0.582. The molecule has 1 aromatic rings. The summed E-state index contributed by atoms with van der Waals surface area (Å²) in [5.74, 6) is -0.221. The number of nitrogens with two attached hydrogens (primary N) is 1. The van der Waals surface area contributed by atoms with Crippen LogP contribution in [0, 0.1) is 5.92 Å². The summed E-state index contributed by atoms with van der Waals surface area (Å²) in [6.07, 6.45) is 5.95. The normalized spacial score (nSPS) is 15.4. The van der Waals surface area contributed by atoms with Gasteiger partial charge >= 0.3 is 5.97 Å². The Morgan fingerprint density at radius 2 is 1.86 bits per heavy atom. The topological polar surface area (TPSA) is 78.6 Å². The number of para-hydroxylation sites is 1. The largest absolute Gasteiger partial charge is 0.481 e. The van der Waals surface area contributed by atoms with Crippen molar-refractivity contribution in [3.8, 4) is 5.75 Å². The van der Waals surface area contributed by atoms with Gasteiger partial charge in [-0.25, -0.2) is 4.79 Å². The molecule has 21 heavy (non-hydrogen) atoms. The average Bonchev–Trinajstić information content (AvgIpc) is 2.52. The summed E-state index contributed by atoms with van der Waals surface area (Å²) in [5.41, 5.74) is 5.50. The molecule has 5 nitrogen and oxygen atoms in total. The molecule has 5 heteroatoms. The van der Waals surface area contributed by atoms with Crippen LogP contribution < -0.4 is 10.5 Å². The first kappa shape index (κ1) is 15.4. The van der Waals surface area contributed by atoms with Crippen LogP contribution in [0.15, 0.2) is 24.3 Å². The average molecular weight is 291 g/mol. The number of primary amides is 1. The highest BCUT2D eigenvalue weighted by molar-refractivity contribution is 5.95. The summed E-state index contributed by atoms with van der Waals surface area (Å²) in [6, 6.07) is 6.57. The van der Waals surface area contributed by atoms with Gasteiger partial charge in [-0.2, -0.15) is 0 Å². The Balaban J connectivity index is 1.77. The van der Waals surface area contributed by atoms with Crippen LogP contribution in [0.5, 0.6) is 5.75 Å². The van der Waals surface area contributed by atoms with Gasteiger partial charge in [0.15, 0.2) is 6.61 Å². The SMILES string of the molecule is NC(=O)c1ccccc1OCC(=O)OCC1CCCCC1. The Morgan fingerprint density at radius 1 is 1.14 bits per heavy atom. The molecule has 0 heterocycles. The maximum Gasteiger partial charge on any atom is 0.344 e. The first-order chi connectivity index (χ1) is 10.2. The molecule has 1 aliphatic rings. The lowest BCUT2D eigenvalue weighted by molar-refractivity contribution is -0.147. The van der Waals surface area contributed by atoms with Crippen molar-refractivity contribution in [1.82, 2.24) is 0 Å². The van der Waals surface area contributed by atoms with Gasteiger partial charge in [-0.3, -0.25) is 4.79 Å². The lowest BCUT2D eigenvalue weighted by Gasteiger charge is -2.21. The second-order valence-corrected chi connectivity index (χ2v) is 5.34. The first-order valence-corrected chi connectivity index (χ1v) is 7.34. The molecular weight excluding hydrogens is 270 g/mol. The van der Waals surface area contributed by atoms with Crippen LogP contribution in [0.4, 0.5) is 0 Å². The third kappa shape index (κ3) is 4.77. The zero-order valence-corrected chi connectivity index (χ0v) is 12.0. The standard InChI is InChI=1S/C16H21NO4/c17-16(19)13-8-4-5-9-14(13)20-11-15(18)21-10-12-6-2-1-3-7-12/h4-5,8-9,12H,1-3,6-7,10-11H2,(H2,17,19). The van der Waals surface area contributed by atoms with Gasteiger partial charge in [-0.05, 0) is 30.9 Å². The Morgan fingerprint density at radius 3 is 2.57 bits per heavy atom. The molecule has 1 aromatic carbocycles. The predicted octanol–water partition coefficient (Wildman–Crippen LogP) is 2.29. The van der Waals surface area contributed by atoms with Gasteiger partial charge in [0.2, 0.25) is 0 Å². The number of hydrogen-bond acceptors (Lipinski definition) is 4. The van der Waals surface area contributed by atoms with Gasteiger partial charge in [-0.1, -0.05) is 31.4 Å². The molecule has 0 radical (unpaired) electrons. The minimum absolute atomic E-state index is 0.211. The van der Waals surface area contributed by atoms with Gasteiger partial charge in [0, 0.05) is 0 Å². The predicted molar refractivity (Wildman–Crippen MR) is 78.0 cm³/mol. The maximum atomic E-state index is 11.7.